The Balaban J connectivity index is 2.39. The van der Waals surface area contributed by atoms with Crippen molar-refractivity contribution >= 4 is 17.6 Å². The summed E-state index contributed by atoms with van der Waals surface area (Å²) in [5.74, 6) is 1.43. The maximum Gasteiger partial charge on any atom is 0.329 e. The fourth-order valence-electron chi connectivity index (χ4n) is 2.53. The summed E-state index contributed by atoms with van der Waals surface area (Å²) in [5.41, 5.74) is 2.34. The zero-order valence-corrected chi connectivity index (χ0v) is 13.5. The largest absolute Gasteiger partial charge is 0.468 e. The molecule has 0 aliphatic carbocycles. The highest BCUT2D eigenvalue weighted by molar-refractivity contribution is 5.86. The summed E-state index contributed by atoms with van der Waals surface area (Å²) < 4.78 is 4.76. The second kappa shape index (κ2) is 6.34. The van der Waals surface area contributed by atoms with Gasteiger partial charge in [0.25, 0.3) is 0 Å². The molecule has 0 amide bonds. The van der Waals surface area contributed by atoms with E-state index in [1.165, 1.54) is 12.7 Å². The molecule has 1 atom stereocenters. The van der Waals surface area contributed by atoms with Gasteiger partial charge in [-0.05, 0) is 23.1 Å². The van der Waals surface area contributed by atoms with Gasteiger partial charge in [0.1, 0.15) is 11.6 Å². The van der Waals surface area contributed by atoms with Crippen molar-refractivity contribution < 1.29 is 14.3 Å². The summed E-state index contributed by atoms with van der Waals surface area (Å²) in [7, 11) is 1.31. The zero-order valence-electron chi connectivity index (χ0n) is 13.5. The van der Waals surface area contributed by atoms with Gasteiger partial charge < -0.3 is 9.64 Å². The van der Waals surface area contributed by atoms with Gasteiger partial charge >= 0.3 is 5.97 Å². The monoisotopic (exact) mass is 302 g/mol. The lowest BCUT2D eigenvalue weighted by Gasteiger charge is -2.35. The van der Waals surface area contributed by atoms with E-state index in [2.05, 4.69) is 38.2 Å². The number of ether oxygens (including phenoxy) is 1. The molecule has 1 unspecified atom stereocenters. The summed E-state index contributed by atoms with van der Waals surface area (Å²) in [6, 6.07) is 7.25. The lowest BCUT2D eigenvalue weighted by Crippen LogP contribution is -2.53. The van der Waals surface area contributed by atoms with Crippen LogP contribution in [0, 0.1) is 0 Å². The van der Waals surface area contributed by atoms with Crippen LogP contribution in [-0.2, 0) is 19.7 Å². The number of methoxy groups -OCH3 is 1. The first-order chi connectivity index (χ1) is 10.4. The smallest absolute Gasteiger partial charge is 0.329 e. The molecule has 0 aromatic heterocycles. The minimum atomic E-state index is -0.769. The fourth-order valence-corrected chi connectivity index (χ4v) is 2.53. The number of anilines is 1. The second-order valence-electron chi connectivity index (χ2n) is 6.35. The molecule has 1 aromatic rings. The van der Waals surface area contributed by atoms with Crippen LogP contribution in [-0.4, -0.2) is 38.2 Å². The fraction of sp³-hybridized carbons (Fsp3) is 0.471. The van der Waals surface area contributed by atoms with Crippen molar-refractivity contribution in [3.05, 3.63) is 35.5 Å². The van der Waals surface area contributed by atoms with E-state index in [1.807, 2.05) is 23.0 Å². The van der Waals surface area contributed by atoms with Crippen molar-refractivity contribution in [3.63, 3.8) is 0 Å². The van der Waals surface area contributed by atoms with E-state index in [0.29, 0.717) is 13.1 Å². The summed E-state index contributed by atoms with van der Waals surface area (Å²) in [6.45, 7) is 7.60. The number of hydrogen-bond donors (Lipinski definition) is 1. The van der Waals surface area contributed by atoms with E-state index in [1.54, 1.807) is 0 Å². The molecule has 1 N–H and O–H groups in total. The molecule has 1 aliphatic heterocycles. The summed E-state index contributed by atoms with van der Waals surface area (Å²) in [6.07, 6.45) is 0. The minimum absolute atomic E-state index is 0.0108. The molecule has 5 nitrogen and oxygen atoms in total. The third-order valence-corrected chi connectivity index (χ3v) is 3.81. The molecule has 118 valence electrons. The molecule has 5 heteroatoms. The average Bonchev–Trinajstić information content (AvgIpc) is 2.52. The number of carbonyl (C=O) groups is 1. The Morgan fingerprint density at radius 2 is 2.14 bits per heavy atom. The van der Waals surface area contributed by atoms with Gasteiger partial charge in [-0.1, -0.05) is 32.9 Å². The van der Waals surface area contributed by atoms with Crippen molar-refractivity contribution in [2.75, 3.05) is 25.1 Å². The van der Waals surface area contributed by atoms with Crippen molar-refractivity contribution in [1.29, 1.82) is 0 Å². The molecular formula is C17H22N2O3. The highest BCUT2D eigenvalue weighted by Gasteiger charge is 2.33. The minimum Gasteiger partial charge on any atom is -0.468 e. The van der Waals surface area contributed by atoms with Gasteiger partial charge in [0, 0.05) is 18.8 Å². The van der Waals surface area contributed by atoms with Crippen molar-refractivity contribution in [3.8, 4) is 0 Å². The van der Waals surface area contributed by atoms with Gasteiger partial charge in [-0.3, -0.25) is 5.32 Å². The van der Waals surface area contributed by atoms with Crippen LogP contribution in [0.2, 0.25) is 0 Å². The van der Waals surface area contributed by atoms with Crippen LogP contribution >= 0.6 is 0 Å². The Kier molecular flexibility index (Phi) is 4.69. The molecule has 0 saturated carbocycles. The molecule has 0 bridgehead atoms. The predicted molar refractivity (Wildman–Crippen MR) is 85.5 cm³/mol. The number of nitrogens with one attached hydrogen (secondary N) is 1. The zero-order chi connectivity index (χ0) is 16.3. The molecular weight excluding hydrogens is 280 g/mol. The van der Waals surface area contributed by atoms with E-state index in [-0.39, 0.29) is 11.1 Å². The van der Waals surface area contributed by atoms with Gasteiger partial charge in [0.15, 0.2) is 6.04 Å². The Labute approximate surface area is 130 Å². The molecule has 1 aromatic carbocycles. The number of hydrogen-bond acceptors (Lipinski definition) is 5. The molecule has 0 spiro atoms. The molecule has 1 aliphatic rings. The number of benzene rings is 1. The third-order valence-electron chi connectivity index (χ3n) is 3.81. The Hall–Kier alpha value is -2.10. The first kappa shape index (κ1) is 16.3. The van der Waals surface area contributed by atoms with Crippen molar-refractivity contribution in [1.82, 2.24) is 5.32 Å². The van der Waals surface area contributed by atoms with E-state index in [9.17, 15) is 9.59 Å². The van der Waals surface area contributed by atoms with E-state index >= 15 is 0 Å². The van der Waals surface area contributed by atoms with Gasteiger partial charge in [0.2, 0.25) is 0 Å². The highest BCUT2D eigenvalue weighted by Crippen LogP contribution is 2.29. The Bertz CT molecular complexity index is 613. The number of piperazine rings is 1. The molecule has 0 radical (unpaired) electrons. The van der Waals surface area contributed by atoms with Crippen LogP contribution in [0.5, 0.6) is 0 Å². The van der Waals surface area contributed by atoms with Crippen LogP contribution in [0.3, 0.4) is 0 Å². The SMILES string of the molecule is COC(=O)C1NCCN(c2cccc(C(C)(C)C)c2)C1=C=O. The van der Waals surface area contributed by atoms with Crippen LogP contribution in [0.25, 0.3) is 0 Å². The summed E-state index contributed by atoms with van der Waals surface area (Å²) in [4.78, 5) is 25.1. The summed E-state index contributed by atoms with van der Waals surface area (Å²) in [5, 5.41) is 3.00. The molecule has 1 saturated heterocycles. The van der Waals surface area contributed by atoms with Gasteiger partial charge in [-0.2, -0.15) is 0 Å². The lowest BCUT2D eigenvalue weighted by atomic mass is 9.87. The normalized spacial score (nSPS) is 18.8. The van der Waals surface area contributed by atoms with Crippen LogP contribution in [0.4, 0.5) is 5.69 Å². The van der Waals surface area contributed by atoms with Crippen LogP contribution < -0.4 is 10.2 Å². The highest BCUT2D eigenvalue weighted by atomic mass is 16.5. The molecule has 22 heavy (non-hydrogen) atoms. The molecule has 1 heterocycles. The lowest BCUT2D eigenvalue weighted by molar-refractivity contribution is -0.142. The Morgan fingerprint density at radius 3 is 2.73 bits per heavy atom. The van der Waals surface area contributed by atoms with E-state index in [0.717, 1.165) is 5.69 Å². The van der Waals surface area contributed by atoms with E-state index < -0.39 is 12.0 Å². The Morgan fingerprint density at radius 1 is 1.41 bits per heavy atom. The second-order valence-corrected chi connectivity index (χ2v) is 6.35. The van der Waals surface area contributed by atoms with Gasteiger partial charge in [0.05, 0.1) is 7.11 Å². The van der Waals surface area contributed by atoms with E-state index in [4.69, 9.17) is 4.74 Å². The van der Waals surface area contributed by atoms with Crippen LogP contribution in [0.15, 0.2) is 30.0 Å². The van der Waals surface area contributed by atoms with Crippen molar-refractivity contribution in [2.45, 2.75) is 32.2 Å². The molecule has 2 rings (SSSR count). The number of rotatable bonds is 2. The predicted octanol–water partition coefficient (Wildman–Crippen LogP) is 1.65. The maximum atomic E-state index is 11.8. The van der Waals surface area contributed by atoms with Crippen LogP contribution in [0.1, 0.15) is 26.3 Å². The van der Waals surface area contributed by atoms with Gasteiger partial charge in [-0.25, -0.2) is 9.59 Å². The summed E-state index contributed by atoms with van der Waals surface area (Å²) >= 11 is 0. The topological polar surface area (TPSA) is 58.6 Å². The quantitative estimate of drug-likeness (QED) is 0.665. The third kappa shape index (κ3) is 3.21. The average molecular weight is 302 g/mol. The number of nitrogens with zero attached hydrogens (tertiary/aromatic N) is 1. The number of esters is 1. The standard InChI is InChI=1S/C17H22N2O3/c1-17(2,3)12-6-5-7-13(10-12)19-9-8-18-15(14(19)11-20)16(21)22-4/h5-7,10,15,18H,8-9H2,1-4H3. The number of carbonyl (C=O) groups excluding carboxylic acids is 2. The molecule has 1 fully saturated rings. The van der Waals surface area contributed by atoms with Gasteiger partial charge in [-0.15, -0.1) is 0 Å². The maximum absolute atomic E-state index is 11.8. The first-order valence-electron chi connectivity index (χ1n) is 7.33. The first-order valence-corrected chi connectivity index (χ1v) is 7.33. The van der Waals surface area contributed by atoms with Crippen molar-refractivity contribution in [2.24, 2.45) is 0 Å².